The highest BCUT2D eigenvalue weighted by Gasteiger charge is 2.16. The van der Waals surface area contributed by atoms with E-state index in [9.17, 15) is 4.79 Å². The minimum Gasteiger partial charge on any atom is -0.368 e. The van der Waals surface area contributed by atoms with Gasteiger partial charge in [-0.1, -0.05) is 13.0 Å². The van der Waals surface area contributed by atoms with Gasteiger partial charge in [-0.3, -0.25) is 4.79 Å². The Hall–Kier alpha value is -1.92. The molecule has 0 aliphatic carbocycles. The molecular weight excluding hydrogens is 308 g/mol. The van der Waals surface area contributed by atoms with E-state index < -0.39 is 0 Å². The molecule has 2 aromatic heterocycles. The third-order valence-electron chi connectivity index (χ3n) is 4.11. The fraction of sp³-hybridized carbons (Fsp3) is 0.412. The Kier molecular flexibility index (Phi) is 5.25. The van der Waals surface area contributed by atoms with Gasteiger partial charge in [-0.2, -0.15) is 0 Å². The lowest BCUT2D eigenvalue weighted by Crippen LogP contribution is -2.46. The van der Waals surface area contributed by atoms with Gasteiger partial charge < -0.3 is 15.1 Å². The molecule has 0 atom stereocenters. The Morgan fingerprint density at radius 1 is 1.26 bits per heavy atom. The second-order valence-electron chi connectivity index (χ2n) is 5.63. The molecule has 0 radical (unpaired) electrons. The summed E-state index contributed by atoms with van der Waals surface area (Å²) in [6.07, 6.45) is 2.25. The average Bonchev–Trinajstić information content (AvgIpc) is 3.08. The summed E-state index contributed by atoms with van der Waals surface area (Å²) >= 11 is 1.59. The van der Waals surface area contributed by atoms with E-state index in [1.807, 2.05) is 35.8 Å². The van der Waals surface area contributed by atoms with E-state index in [4.69, 9.17) is 0 Å². The van der Waals surface area contributed by atoms with Crippen molar-refractivity contribution in [2.75, 3.05) is 42.9 Å². The number of nitrogens with one attached hydrogen (secondary N) is 1. The van der Waals surface area contributed by atoms with E-state index in [0.717, 1.165) is 43.3 Å². The second-order valence-corrected chi connectivity index (χ2v) is 6.66. The normalized spacial score (nSPS) is 15.6. The van der Waals surface area contributed by atoms with E-state index in [1.54, 1.807) is 11.3 Å². The van der Waals surface area contributed by atoms with Gasteiger partial charge in [0.1, 0.15) is 5.82 Å². The van der Waals surface area contributed by atoms with Crippen LogP contribution in [0, 0.1) is 0 Å². The van der Waals surface area contributed by atoms with Crippen molar-refractivity contribution in [2.24, 2.45) is 0 Å². The van der Waals surface area contributed by atoms with Crippen LogP contribution >= 0.6 is 11.3 Å². The molecule has 1 fully saturated rings. The van der Waals surface area contributed by atoms with Crippen LogP contribution in [0.1, 0.15) is 11.8 Å². The molecule has 5 nitrogen and oxygen atoms in total. The van der Waals surface area contributed by atoms with Crippen molar-refractivity contribution in [3.8, 4) is 0 Å². The molecule has 122 valence electrons. The summed E-state index contributed by atoms with van der Waals surface area (Å²) < 4.78 is 0. The number of nitrogens with zero attached hydrogens (tertiary/aromatic N) is 3. The number of likely N-dealkylation sites (N-methyl/N-ethyl adjacent to an activating group) is 1. The first-order valence-corrected chi connectivity index (χ1v) is 8.88. The van der Waals surface area contributed by atoms with E-state index in [2.05, 4.69) is 27.0 Å². The van der Waals surface area contributed by atoms with Crippen molar-refractivity contribution in [1.29, 1.82) is 0 Å². The molecule has 1 N–H and O–H groups in total. The predicted molar refractivity (Wildman–Crippen MR) is 95.2 cm³/mol. The molecule has 1 aliphatic heterocycles. The summed E-state index contributed by atoms with van der Waals surface area (Å²) in [5, 5.41) is 4.84. The Morgan fingerprint density at radius 2 is 2.09 bits per heavy atom. The molecule has 2 aromatic rings. The SMILES string of the molecule is CCN1CCN(c2ccc(NC(=O)Cc3cccs3)nc2)CC1. The van der Waals surface area contributed by atoms with Gasteiger partial charge in [0.25, 0.3) is 0 Å². The smallest absolute Gasteiger partial charge is 0.230 e. The zero-order valence-electron chi connectivity index (χ0n) is 13.4. The average molecular weight is 330 g/mol. The lowest BCUT2D eigenvalue weighted by atomic mass is 10.2. The van der Waals surface area contributed by atoms with Crippen molar-refractivity contribution < 1.29 is 4.79 Å². The predicted octanol–water partition coefficient (Wildman–Crippen LogP) is 2.47. The highest BCUT2D eigenvalue weighted by Crippen LogP contribution is 2.17. The second kappa shape index (κ2) is 7.57. The largest absolute Gasteiger partial charge is 0.368 e. The summed E-state index contributed by atoms with van der Waals surface area (Å²) in [6, 6.07) is 7.85. The number of hydrogen-bond donors (Lipinski definition) is 1. The highest BCUT2D eigenvalue weighted by atomic mass is 32.1. The first kappa shape index (κ1) is 16.0. The first-order chi connectivity index (χ1) is 11.2. The Morgan fingerprint density at radius 3 is 2.70 bits per heavy atom. The quantitative estimate of drug-likeness (QED) is 0.915. The number of thiophene rings is 1. The van der Waals surface area contributed by atoms with Crippen LogP contribution in [0.4, 0.5) is 11.5 Å². The van der Waals surface area contributed by atoms with Crippen LogP contribution in [0.2, 0.25) is 0 Å². The molecule has 23 heavy (non-hydrogen) atoms. The van der Waals surface area contributed by atoms with E-state index in [1.165, 1.54) is 0 Å². The molecule has 0 bridgehead atoms. The van der Waals surface area contributed by atoms with Gasteiger partial charge in [-0.05, 0) is 30.1 Å². The molecule has 0 saturated carbocycles. The Bertz CT molecular complexity index is 619. The van der Waals surface area contributed by atoms with Crippen LogP contribution in [0.25, 0.3) is 0 Å². The molecule has 1 aliphatic rings. The topological polar surface area (TPSA) is 48.5 Å². The summed E-state index contributed by atoms with van der Waals surface area (Å²) in [6.45, 7) is 7.55. The molecule has 6 heteroatoms. The van der Waals surface area contributed by atoms with Gasteiger partial charge in [-0.25, -0.2) is 4.98 Å². The Balaban J connectivity index is 1.54. The number of carbonyl (C=O) groups is 1. The molecule has 0 spiro atoms. The zero-order chi connectivity index (χ0) is 16.1. The summed E-state index contributed by atoms with van der Waals surface area (Å²) in [4.78, 5) is 22.2. The lowest BCUT2D eigenvalue weighted by Gasteiger charge is -2.35. The van der Waals surface area contributed by atoms with Crippen LogP contribution in [0.5, 0.6) is 0 Å². The molecule has 3 heterocycles. The van der Waals surface area contributed by atoms with E-state index in [0.29, 0.717) is 12.2 Å². The van der Waals surface area contributed by atoms with E-state index in [-0.39, 0.29) is 5.91 Å². The fourth-order valence-electron chi connectivity index (χ4n) is 2.73. The number of amides is 1. The van der Waals surface area contributed by atoms with Crippen molar-refractivity contribution in [1.82, 2.24) is 9.88 Å². The van der Waals surface area contributed by atoms with Crippen molar-refractivity contribution in [3.63, 3.8) is 0 Å². The van der Waals surface area contributed by atoms with Crippen molar-refractivity contribution in [2.45, 2.75) is 13.3 Å². The maximum absolute atomic E-state index is 12.0. The van der Waals surface area contributed by atoms with Gasteiger partial charge in [0.15, 0.2) is 0 Å². The third kappa shape index (κ3) is 4.30. The molecular formula is C17H22N4OS. The number of anilines is 2. The number of aromatic nitrogens is 1. The molecule has 1 saturated heterocycles. The summed E-state index contributed by atoms with van der Waals surface area (Å²) in [5.41, 5.74) is 1.12. The summed E-state index contributed by atoms with van der Waals surface area (Å²) in [7, 11) is 0. The number of piperazine rings is 1. The van der Waals surface area contributed by atoms with Crippen LogP contribution in [0.15, 0.2) is 35.8 Å². The van der Waals surface area contributed by atoms with Gasteiger partial charge in [0.05, 0.1) is 18.3 Å². The van der Waals surface area contributed by atoms with Crippen molar-refractivity contribution >= 4 is 28.7 Å². The van der Waals surface area contributed by atoms with Crippen LogP contribution in [0.3, 0.4) is 0 Å². The fourth-order valence-corrected chi connectivity index (χ4v) is 3.43. The molecule has 0 aromatic carbocycles. The maximum atomic E-state index is 12.0. The highest BCUT2D eigenvalue weighted by molar-refractivity contribution is 7.10. The molecule has 3 rings (SSSR count). The maximum Gasteiger partial charge on any atom is 0.230 e. The van der Waals surface area contributed by atoms with Gasteiger partial charge >= 0.3 is 0 Å². The molecule has 0 unspecified atom stereocenters. The zero-order valence-corrected chi connectivity index (χ0v) is 14.2. The number of rotatable bonds is 5. The molecule has 1 amide bonds. The standard InChI is InChI=1S/C17H22N4OS/c1-2-20-7-9-21(10-8-20)14-5-6-16(18-13-14)19-17(22)12-15-4-3-11-23-15/h3-6,11,13H,2,7-10,12H2,1H3,(H,18,19,22). The van der Waals surface area contributed by atoms with Crippen LogP contribution in [-0.4, -0.2) is 48.5 Å². The number of hydrogen-bond acceptors (Lipinski definition) is 5. The third-order valence-corrected chi connectivity index (χ3v) is 4.99. The number of pyridine rings is 1. The van der Waals surface area contributed by atoms with Crippen LogP contribution in [-0.2, 0) is 11.2 Å². The summed E-state index contributed by atoms with van der Waals surface area (Å²) in [5.74, 6) is 0.590. The van der Waals surface area contributed by atoms with Gasteiger partial charge in [-0.15, -0.1) is 11.3 Å². The minimum absolute atomic E-state index is 0.0238. The minimum atomic E-state index is -0.0238. The first-order valence-electron chi connectivity index (χ1n) is 8.00. The van der Waals surface area contributed by atoms with E-state index >= 15 is 0 Å². The Labute approximate surface area is 140 Å². The monoisotopic (exact) mass is 330 g/mol. The lowest BCUT2D eigenvalue weighted by molar-refractivity contribution is -0.115. The number of carbonyl (C=O) groups excluding carboxylic acids is 1. The van der Waals surface area contributed by atoms with Crippen LogP contribution < -0.4 is 10.2 Å². The van der Waals surface area contributed by atoms with Gasteiger partial charge in [0.2, 0.25) is 5.91 Å². The van der Waals surface area contributed by atoms with Gasteiger partial charge in [0, 0.05) is 31.1 Å². The van der Waals surface area contributed by atoms with Crippen molar-refractivity contribution in [3.05, 3.63) is 40.7 Å².